The highest BCUT2D eigenvalue weighted by Gasteiger charge is 2.29. The number of benzene rings is 1. The average molecular weight is 516 g/mol. The third kappa shape index (κ3) is 5.97. The molecular formula is C24H32ClF2N3O3S. The summed E-state index contributed by atoms with van der Waals surface area (Å²) in [5.74, 6) is -1.39. The summed E-state index contributed by atoms with van der Waals surface area (Å²) < 4.78 is 54.6. The summed E-state index contributed by atoms with van der Waals surface area (Å²) in [7, 11) is -3.06. The highest BCUT2D eigenvalue weighted by Crippen LogP contribution is 2.30. The first-order valence-electron chi connectivity index (χ1n) is 11.6. The molecule has 0 radical (unpaired) electrons. The Morgan fingerprint density at radius 1 is 1.21 bits per heavy atom. The molecule has 6 nitrogen and oxygen atoms in total. The quantitative estimate of drug-likeness (QED) is 0.542. The van der Waals surface area contributed by atoms with Gasteiger partial charge in [-0.3, -0.25) is 9.36 Å². The van der Waals surface area contributed by atoms with Gasteiger partial charge in [-0.05, 0) is 61.6 Å². The molecule has 0 aliphatic heterocycles. The number of carbonyl (C=O) groups is 1. The Balaban J connectivity index is 1.78. The first kappa shape index (κ1) is 26.6. The number of amides is 1. The van der Waals surface area contributed by atoms with Gasteiger partial charge in [-0.1, -0.05) is 32.4 Å². The fourth-order valence-corrected chi connectivity index (χ4v) is 6.00. The normalized spacial score (nSPS) is 18.9. The van der Waals surface area contributed by atoms with E-state index in [1.54, 1.807) is 6.92 Å². The van der Waals surface area contributed by atoms with Gasteiger partial charge in [0, 0.05) is 19.2 Å². The number of nitrogens with one attached hydrogen (secondary N) is 1. The number of sulfone groups is 1. The summed E-state index contributed by atoms with van der Waals surface area (Å²) in [6.45, 7) is 6.05. The van der Waals surface area contributed by atoms with Crippen molar-refractivity contribution in [2.75, 3.05) is 12.8 Å². The van der Waals surface area contributed by atoms with Gasteiger partial charge < -0.3 is 5.32 Å². The summed E-state index contributed by atoms with van der Waals surface area (Å²) in [4.78, 5) is 17.1. The lowest BCUT2D eigenvalue weighted by molar-refractivity contribution is 0.0939. The van der Waals surface area contributed by atoms with Crippen molar-refractivity contribution in [1.29, 1.82) is 0 Å². The molecule has 1 N–H and O–H groups in total. The van der Waals surface area contributed by atoms with Gasteiger partial charge in [0.2, 0.25) is 0 Å². The van der Waals surface area contributed by atoms with E-state index in [9.17, 15) is 22.0 Å². The Hall–Kier alpha value is -2.00. The van der Waals surface area contributed by atoms with E-state index in [4.69, 9.17) is 11.6 Å². The van der Waals surface area contributed by atoms with Crippen molar-refractivity contribution in [2.24, 2.45) is 11.8 Å². The molecule has 1 aliphatic rings. The standard InChI is InChI=1S/C24H32ClF2N3O3S/c1-5-20-29-21(24(31)28-13-15-6-8-17(9-7-15)34(4,32)33)23(25)30(20)22-18(26)11-16(10-14(2)3)12-19(22)27/h11-12,14-15,17H,5-10,13H2,1-4H3,(H,28,31). The van der Waals surface area contributed by atoms with Crippen LogP contribution in [0.2, 0.25) is 5.15 Å². The maximum absolute atomic E-state index is 15.0. The van der Waals surface area contributed by atoms with Crippen molar-refractivity contribution in [3.8, 4) is 5.69 Å². The topological polar surface area (TPSA) is 81.1 Å². The Morgan fingerprint density at radius 2 is 1.79 bits per heavy atom. The maximum atomic E-state index is 15.0. The number of aromatic nitrogens is 2. The van der Waals surface area contributed by atoms with E-state index >= 15 is 0 Å². The molecule has 1 aromatic heterocycles. The Morgan fingerprint density at radius 3 is 2.29 bits per heavy atom. The molecule has 0 spiro atoms. The van der Waals surface area contributed by atoms with Crippen LogP contribution < -0.4 is 5.32 Å². The predicted molar refractivity (Wildman–Crippen MR) is 129 cm³/mol. The number of rotatable bonds is 8. The van der Waals surface area contributed by atoms with Gasteiger partial charge in [-0.15, -0.1) is 0 Å². The third-order valence-electron chi connectivity index (χ3n) is 6.32. The van der Waals surface area contributed by atoms with Crippen LogP contribution >= 0.6 is 11.6 Å². The number of hydrogen-bond donors (Lipinski definition) is 1. The maximum Gasteiger partial charge on any atom is 0.273 e. The van der Waals surface area contributed by atoms with Crippen LogP contribution in [-0.4, -0.2) is 41.9 Å². The molecule has 188 valence electrons. The van der Waals surface area contributed by atoms with Gasteiger partial charge >= 0.3 is 0 Å². The van der Waals surface area contributed by atoms with E-state index in [0.717, 1.165) is 4.57 Å². The van der Waals surface area contributed by atoms with Crippen LogP contribution in [0, 0.1) is 23.5 Å². The molecule has 1 aromatic carbocycles. The SMILES string of the molecule is CCc1nc(C(=O)NCC2CCC(S(C)(=O)=O)CC2)c(Cl)n1-c1c(F)cc(CC(C)C)cc1F. The molecule has 1 saturated carbocycles. The molecule has 0 bridgehead atoms. The summed E-state index contributed by atoms with van der Waals surface area (Å²) in [5, 5.41) is 2.33. The van der Waals surface area contributed by atoms with Gasteiger partial charge in [0.05, 0.1) is 5.25 Å². The van der Waals surface area contributed by atoms with Gasteiger partial charge in [-0.2, -0.15) is 0 Å². The zero-order chi connectivity index (χ0) is 25.2. The van der Waals surface area contributed by atoms with Crippen LogP contribution in [0.3, 0.4) is 0 Å². The highest BCUT2D eigenvalue weighted by molar-refractivity contribution is 7.91. The minimum atomic E-state index is -3.06. The van der Waals surface area contributed by atoms with Gasteiger partial charge in [0.25, 0.3) is 5.91 Å². The van der Waals surface area contributed by atoms with Crippen molar-refractivity contribution in [1.82, 2.24) is 14.9 Å². The molecule has 0 saturated heterocycles. The lowest BCUT2D eigenvalue weighted by Gasteiger charge is -2.27. The Labute approximate surface area is 205 Å². The van der Waals surface area contributed by atoms with Crippen LogP contribution in [-0.2, 0) is 22.7 Å². The summed E-state index contributed by atoms with van der Waals surface area (Å²) >= 11 is 6.44. The van der Waals surface area contributed by atoms with E-state index < -0.39 is 27.4 Å². The summed E-state index contributed by atoms with van der Waals surface area (Å²) in [6.07, 6.45) is 4.63. The first-order valence-corrected chi connectivity index (χ1v) is 14.0. The average Bonchev–Trinajstić information content (AvgIpc) is 3.07. The van der Waals surface area contributed by atoms with Crippen molar-refractivity contribution >= 4 is 27.3 Å². The molecule has 2 aromatic rings. The molecule has 1 heterocycles. The predicted octanol–water partition coefficient (Wildman–Crippen LogP) is 4.90. The molecular weight excluding hydrogens is 484 g/mol. The molecule has 3 rings (SSSR count). The second-order valence-electron chi connectivity index (χ2n) is 9.54. The number of halogens is 3. The second-order valence-corrected chi connectivity index (χ2v) is 12.2. The second kappa shape index (κ2) is 10.7. The van der Waals surface area contributed by atoms with E-state index in [1.807, 2.05) is 13.8 Å². The van der Waals surface area contributed by atoms with Crippen LogP contribution in [0.15, 0.2) is 12.1 Å². The van der Waals surface area contributed by atoms with Crippen LogP contribution in [0.4, 0.5) is 8.78 Å². The fraction of sp³-hybridized carbons (Fsp3) is 0.583. The van der Waals surface area contributed by atoms with Crippen molar-refractivity contribution in [3.05, 3.63) is 46.0 Å². The first-order chi connectivity index (χ1) is 15.9. The van der Waals surface area contributed by atoms with Crippen LogP contribution in [0.5, 0.6) is 0 Å². The van der Waals surface area contributed by atoms with Gasteiger partial charge in [0.15, 0.2) is 17.3 Å². The minimum absolute atomic E-state index is 0.0894. The largest absolute Gasteiger partial charge is 0.350 e. The van der Waals surface area contributed by atoms with Crippen molar-refractivity contribution < 1.29 is 22.0 Å². The molecule has 1 fully saturated rings. The zero-order valence-corrected chi connectivity index (χ0v) is 21.6. The number of carbonyl (C=O) groups excluding carboxylic acids is 1. The van der Waals surface area contributed by atoms with Crippen LogP contribution in [0.25, 0.3) is 5.69 Å². The number of aryl methyl sites for hydroxylation is 1. The Kier molecular flexibility index (Phi) is 8.39. The van der Waals surface area contributed by atoms with Crippen molar-refractivity contribution in [2.45, 2.75) is 64.5 Å². The van der Waals surface area contributed by atoms with Gasteiger partial charge in [0.1, 0.15) is 26.5 Å². The third-order valence-corrected chi connectivity index (χ3v) is 8.35. The summed E-state index contributed by atoms with van der Waals surface area (Å²) in [6, 6.07) is 2.58. The molecule has 1 aliphatic carbocycles. The molecule has 0 atom stereocenters. The van der Waals surface area contributed by atoms with E-state index in [0.29, 0.717) is 50.6 Å². The number of nitrogens with zero attached hydrogens (tertiary/aromatic N) is 2. The van der Waals surface area contributed by atoms with Crippen molar-refractivity contribution in [3.63, 3.8) is 0 Å². The van der Waals surface area contributed by atoms with Gasteiger partial charge in [-0.25, -0.2) is 22.2 Å². The van der Waals surface area contributed by atoms with E-state index in [1.165, 1.54) is 18.4 Å². The number of imidazole rings is 1. The lowest BCUT2D eigenvalue weighted by Crippen LogP contribution is -2.34. The minimum Gasteiger partial charge on any atom is -0.350 e. The van der Waals surface area contributed by atoms with Crippen LogP contribution in [0.1, 0.15) is 68.3 Å². The van der Waals surface area contributed by atoms with E-state index in [2.05, 4.69) is 10.3 Å². The fourth-order valence-electron chi connectivity index (χ4n) is 4.56. The number of hydrogen-bond acceptors (Lipinski definition) is 4. The molecule has 0 unspecified atom stereocenters. The summed E-state index contributed by atoms with van der Waals surface area (Å²) in [5.41, 5.74) is 0.111. The Bertz CT molecular complexity index is 1130. The smallest absolute Gasteiger partial charge is 0.273 e. The zero-order valence-electron chi connectivity index (χ0n) is 20.0. The molecule has 10 heteroatoms. The monoisotopic (exact) mass is 515 g/mol. The molecule has 34 heavy (non-hydrogen) atoms. The van der Waals surface area contributed by atoms with E-state index in [-0.39, 0.29) is 39.4 Å². The lowest BCUT2D eigenvalue weighted by atomic mass is 9.89. The highest BCUT2D eigenvalue weighted by atomic mass is 35.5. The molecule has 1 amide bonds.